The van der Waals surface area contributed by atoms with Gasteiger partial charge in [0.2, 0.25) is 0 Å². The summed E-state index contributed by atoms with van der Waals surface area (Å²) in [6.45, 7) is 4.99. The van der Waals surface area contributed by atoms with Gasteiger partial charge in [0.15, 0.2) is 6.04 Å². The molecule has 9 heteroatoms. The van der Waals surface area contributed by atoms with Crippen LogP contribution < -0.4 is 21.0 Å². The van der Waals surface area contributed by atoms with Crippen LogP contribution in [0, 0.1) is 0 Å². The molecule has 1 heterocycles. The smallest absolute Gasteiger partial charge is 0.381 e. The second kappa shape index (κ2) is 14.5. The normalized spacial score (nSPS) is 12.5. The molecule has 0 spiro atoms. The Morgan fingerprint density at radius 1 is 0.674 bits per heavy atom. The first kappa shape index (κ1) is 31.3. The molecule has 0 aliphatic rings. The highest BCUT2D eigenvalue weighted by Gasteiger charge is 2.56. The van der Waals surface area contributed by atoms with E-state index in [1.807, 2.05) is 91.0 Å². The van der Waals surface area contributed by atoms with E-state index >= 15 is 0 Å². The Balaban J connectivity index is 2.19. The molecule has 0 N–H and O–H groups in total. The SMILES string of the molecule is CCOC(=O)C(=O)c1cccn1C(C(=O)OCC)/C(=C(/[O-])OCC)[P+](c1ccccc1)(c1ccccc1)c1ccccc1. The Morgan fingerprint density at radius 3 is 1.58 bits per heavy atom. The lowest BCUT2D eigenvalue weighted by Gasteiger charge is -2.36. The lowest BCUT2D eigenvalue weighted by Crippen LogP contribution is -2.40. The number of rotatable bonds is 13. The largest absolute Gasteiger partial charge is 0.611 e. The fraction of sp³-hybridized carbons (Fsp3) is 0.206. The van der Waals surface area contributed by atoms with Gasteiger partial charge in [0.25, 0.3) is 5.78 Å². The average molecular weight is 600 g/mol. The van der Waals surface area contributed by atoms with Crippen LogP contribution in [0.3, 0.4) is 0 Å². The number of ether oxygens (including phenoxy) is 3. The summed E-state index contributed by atoms with van der Waals surface area (Å²) in [5.74, 6) is -3.51. The maximum Gasteiger partial charge on any atom is 0.381 e. The van der Waals surface area contributed by atoms with Crippen molar-refractivity contribution < 1.29 is 33.7 Å². The van der Waals surface area contributed by atoms with E-state index in [1.165, 1.54) is 22.9 Å². The Hall–Kier alpha value is -4.68. The van der Waals surface area contributed by atoms with Crippen molar-refractivity contribution in [3.8, 4) is 0 Å². The highest BCUT2D eigenvalue weighted by molar-refractivity contribution is 7.99. The summed E-state index contributed by atoms with van der Waals surface area (Å²) in [5.41, 5.74) is -0.120. The van der Waals surface area contributed by atoms with Crippen molar-refractivity contribution in [1.29, 1.82) is 0 Å². The first-order chi connectivity index (χ1) is 20.9. The molecular formula is C34H34NO7P. The minimum absolute atomic E-state index is 0.00253. The second-order valence-corrected chi connectivity index (χ2v) is 12.7. The van der Waals surface area contributed by atoms with Crippen molar-refractivity contribution in [3.05, 3.63) is 126 Å². The van der Waals surface area contributed by atoms with E-state index in [0.29, 0.717) is 0 Å². The predicted octanol–water partition coefficient (Wildman–Crippen LogP) is 3.90. The van der Waals surface area contributed by atoms with Crippen molar-refractivity contribution in [2.75, 3.05) is 19.8 Å². The van der Waals surface area contributed by atoms with Gasteiger partial charge in [-0.15, -0.1) is 0 Å². The van der Waals surface area contributed by atoms with Crippen LogP contribution in [0.4, 0.5) is 0 Å². The van der Waals surface area contributed by atoms with Crippen LogP contribution in [0.1, 0.15) is 37.3 Å². The van der Waals surface area contributed by atoms with E-state index in [4.69, 9.17) is 14.2 Å². The number of benzene rings is 3. The van der Waals surface area contributed by atoms with Gasteiger partial charge in [-0.3, -0.25) is 4.79 Å². The van der Waals surface area contributed by atoms with Gasteiger partial charge >= 0.3 is 11.9 Å². The van der Waals surface area contributed by atoms with Gasteiger partial charge in [0.1, 0.15) is 28.5 Å². The monoisotopic (exact) mass is 599 g/mol. The van der Waals surface area contributed by atoms with Gasteiger partial charge in [-0.05, 0) is 69.0 Å². The van der Waals surface area contributed by atoms with Crippen LogP contribution in [0.15, 0.2) is 121 Å². The minimum Gasteiger partial charge on any atom is -0.611 e. The number of nitrogens with zero attached hydrogens (tertiary/aromatic N) is 1. The topological polar surface area (TPSA) is 107 Å². The van der Waals surface area contributed by atoms with E-state index in [2.05, 4.69) is 0 Å². The predicted molar refractivity (Wildman–Crippen MR) is 165 cm³/mol. The van der Waals surface area contributed by atoms with Crippen molar-refractivity contribution in [3.63, 3.8) is 0 Å². The number of esters is 2. The first-order valence-electron chi connectivity index (χ1n) is 14.1. The third-order valence-corrected chi connectivity index (χ3v) is 11.2. The maximum absolute atomic E-state index is 14.4. The summed E-state index contributed by atoms with van der Waals surface area (Å²) >= 11 is 0. The minimum atomic E-state index is -3.22. The van der Waals surface area contributed by atoms with Gasteiger partial charge < -0.3 is 23.9 Å². The lowest BCUT2D eigenvalue weighted by atomic mass is 10.2. The average Bonchev–Trinajstić information content (AvgIpc) is 3.52. The van der Waals surface area contributed by atoms with Crippen LogP contribution in [0.25, 0.3) is 0 Å². The number of hydrogen-bond acceptors (Lipinski definition) is 7. The van der Waals surface area contributed by atoms with E-state index in [1.54, 1.807) is 20.8 Å². The Morgan fingerprint density at radius 2 is 1.14 bits per heavy atom. The number of aromatic nitrogens is 1. The molecule has 0 amide bonds. The quantitative estimate of drug-likeness (QED) is 0.0755. The molecule has 4 aromatic rings. The zero-order valence-electron chi connectivity index (χ0n) is 24.3. The van der Waals surface area contributed by atoms with Crippen molar-refractivity contribution >= 4 is 40.9 Å². The van der Waals surface area contributed by atoms with Crippen molar-refractivity contribution in [1.82, 2.24) is 4.57 Å². The fourth-order valence-electron chi connectivity index (χ4n) is 5.15. The maximum atomic E-state index is 14.4. The summed E-state index contributed by atoms with van der Waals surface area (Å²) in [6.07, 6.45) is 1.49. The molecule has 222 valence electrons. The van der Waals surface area contributed by atoms with Crippen LogP contribution in [0.5, 0.6) is 0 Å². The van der Waals surface area contributed by atoms with Gasteiger partial charge in [-0.2, -0.15) is 0 Å². The second-order valence-electron chi connectivity index (χ2n) is 9.29. The number of Topliss-reactive ketones (excluding diaryl/α,β-unsaturated/α-hetero) is 1. The summed E-state index contributed by atoms with van der Waals surface area (Å²) in [5, 5.41) is 16.9. The first-order valence-corrected chi connectivity index (χ1v) is 15.9. The van der Waals surface area contributed by atoms with E-state index < -0.39 is 37.0 Å². The Labute approximate surface area is 251 Å². The number of hydrogen-bond donors (Lipinski definition) is 0. The zero-order chi connectivity index (χ0) is 30.8. The van der Waals surface area contributed by atoms with E-state index in [9.17, 15) is 19.5 Å². The molecule has 43 heavy (non-hydrogen) atoms. The molecule has 0 saturated heterocycles. The molecule has 0 radical (unpaired) electrons. The molecule has 0 bridgehead atoms. The van der Waals surface area contributed by atoms with Crippen molar-refractivity contribution in [2.45, 2.75) is 26.8 Å². The molecule has 8 nitrogen and oxygen atoms in total. The van der Waals surface area contributed by atoms with E-state index in [0.717, 1.165) is 15.9 Å². The van der Waals surface area contributed by atoms with Gasteiger partial charge in [-0.25, -0.2) is 9.59 Å². The van der Waals surface area contributed by atoms with Crippen LogP contribution in [-0.2, 0) is 23.8 Å². The highest BCUT2D eigenvalue weighted by Crippen LogP contribution is 2.66. The van der Waals surface area contributed by atoms with Crippen LogP contribution >= 0.6 is 7.26 Å². The Kier molecular flexibility index (Phi) is 10.5. The highest BCUT2D eigenvalue weighted by atomic mass is 31.2. The molecule has 1 unspecified atom stereocenters. The summed E-state index contributed by atoms with van der Waals surface area (Å²) in [6, 6.07) is 30.0. The summed E-state index contributed by atoms with van der Waals surface area (Å²) in [7, 11) is -3.22. The molecule has 0 fully saturated rings. The van der Waals surface area contributed by atoms with Gasteiger partial charge in [-0.1, -0.05) is 61.5 Å². The van der Waals surface area contributed by atoms with Crippen LogP contribution in [0.2, 0.25) is 0 Å². The standard InChI is InChI=1S/C34H34NO7P/c1-4-40-32(37)29(35-24-16-23-28(35)30(36)33(38)41-5-2)31(34(39)42-6-3)43(25-17-10-7-11-18-25,26-19-12-8-13-20-26)27-21-14-9-15-22-27/h7-24,29H,4-6H2,1-3H3/b34-31+. The molecular weight excluding hydrogens is 565 g/mol. The number of carbonyl (C=O) groups is 3. The third-order valence-electron chi connectivity index (χ3n) is 6.80. The van der Waals surface area contributed by atoms with Crippen molar-refractivity contribution in [2.24, 2.45) is 0 Å². The lowest BCUT2D eigenvalue weighted by molar-refractivity contribution is -0.358. The number of carbonyl (C=O) groups excluding carboxylic acids is 3. The van der Waals surface area contributed by atoms with Crippen LogP contribution in [-0.4, -0.2) is 42.1 Å². The van der Waals surface area contributed by atoms with Gasteiger partial charge in [0, 0.05) is 6.20 Å². The molecule has 4 rings (SSSR count). The molecule has 3 aromatic carbocycles. The van der Waals surface area contributed by atoms with E-state index in [-0.39, 0.29) is 30.8 Å². The molecule has 0 aliphatic heterocycles. The summed E-state index contributed by atoms with van der Waals surface area (Å²) in [4.78, 5) is 40.0. The third kappa shape index (κ3) is 6.25. The molecule has 0 aliphatic carbocycles. The molecule has 1 aromatic heterocycles. The Bertz CT molecular complexity index is 1470. The molecule has 1 atom stereocenters. The summed E-state index contributed by atoms with van der Waals surface area (Å²) < 4.78 is 17.6. The number of ketones is 1. The fourth-order valence-corrected chi connectivity index (χ4v) is 9.67. The van der Waals surface area contributed by atoms with Gasteiger partial charge in [0.05, 0.1) is 24.9 Å². The zero-order valence-corrected chi connectivity index (χ0v) is 25.2. The molecule has 0 saturated carbocycles.